The Morgan fingerprint density at radius 3 is 2.66 bits per heavy atom. The van der Waals surface area contributed by atoms with Crippen molar-refractivity contribution in [3.63, 3.8) is 0 Å². The molecule has 0 saturated carbocycles. The number of pyridine rings is 1. The molecule has 0 fully saturated rings. The summed E-state index contributed by atoms with van der Waals surface area (Å²) >= 11 is 6.33. The fourth-order valence-electron chi connectivity index (χ4n) is 2.92. The van der Waals surface area contributed by atoms with E-state index < -0.39 is 0 Å². The Morgan fingerprint density at radius 1 is 1.03 bits per heavy atom. The van der Waals surface area contributed by atoms with E-state index in [0.29, 0.717) is 27.7 Å². The number of anilines is 1. The molecular formula is C23H18ClN3O2. The molecule has 0 spiro atoms. The van der Waals surface area contributed by atoms with Gasteiger partial charge >= 0.3 is 0 Å². The minimum Gasteiger partial charge on any atom is -0.438 e. The van der Waals surface area contributed by atoms with Crippen molar-refractivity contribution in [1.29, 1.82) is 0 Å². The molecule has 2 heterocycles. The molecule has 1 N–H and O–H groups in total. The predicted molar refractivity (Wildman–Crippen MR) is 115 cm³/mol. The summed E-state index contributed by atoms with van der Waals surface area (Å²) < 4.78 is 5.96. The van der Waals surface area contributed by atoms with E-state index in [1.165, 1.54) is 0 Å². The number of carbonyl (C=O) groups excluding carboxylic acids is 1. The standard InChI is InChI=1S/C23H18ClN3O2/c1-14-10-11-19(18(24)12-14)26-23-17(13-16-7-3-4-8-20(16)29-23)22(28)27-21-9-5-6-15(2)25-21/h3-13H,1-2H3,(H,25,27,28). The molecule has 0 aliphatic carbocycles. The molecule has 4 aromatic rings. The molecule has 1 amide bonds. The van der Waals surface area contributed by atoms with Crippen LogP contribution in [-0.2, 0) is 0 Å². The Kier molecular flexibility index (Phi) is 5.14. The summed E-state index contributed by atoms with van der Waals surface area (Å²) in [4.78, 5) is 21.9. The van der Waals surface area contributed by atoms with Gasteiger partial charge in [0.2, 0.25) is 5.55 Å². The Morgan fingerprint density at radius 2 is 1.86 bits per heavy atom. The van der Waals surface area contributed by atoms with Crippen LogP contribution in [0.15, 0.2) is 76.1 Å². The first-order valence-corrected chi connectivity index (χ1v) is 9.46. The van der Waals surface area contributed by atoms with Crippen LogP contribution in [0.3, 0.4) is 0 Å². The van der Waals surface area contributed by atoms with Crippen molar-refractivity contribution in [2.75, 3.05) is 5.32 Å². The molecule has 0 aliphatic heterocycles. The maximum atomic E-state index is 13.0. The number of nitrogens with one attached hydrogen (secondary N) is 1. The van der Waals surface area contributed by atoms with Crippen LogP contribution in [0.25, 0.3) is 11.0 Å². The SMILES string of the molecule is Cc1ccc(N=c2oc3ccccc3cc2C(=O)Nc2cccc(C)n2)c(Cl)c1. The van der Waals surface area contributed by atoms with Crippen LogP contribution < -0.4 is 10.9 Å². The Labute approximate surface area is 172 Å². The van der Waals surface area contributed by atoms with E-state index in [1.807, 2.05) is 62.4 Å². The molecule has 6 heteroatoms. The smallest absolute Gasteiger partial charge is 0.262 e. The summed E-state index contributed by atoms with van der Waals surface area (Å²) in [5.74, 6) is 0.0991. The van der Waals surface area contributed by atoms with E-state index in [9.17, 15) is 4.79 Å². The number of fused-ring (bicyclic) bond motifs is 1. The van der Waals surface area contributed by atoms with Gasteiger partial charge in [0.15, 0.2) is 0 Å². The van der Waals surface area contributed by atoms with Crippen LogP contribution in [-0.4, -0.2) is 10.9 Å². The zero-order valence-electron chi connectivity index (χ0n) is 15.9. The predicted octanol–water partition coefficient (Wildman–Crippen LogP) is 5.58. The summed E-state index contributed by atoms with van der Waals surface area (Å²) in [6.45, 7) is 3.81. The highest BCUT2D eigenvalue weighted by Crippen LogP contribution is 2.25. The van der Waals surface area contributed by atoms with Gasteiger partial charge in [0.1, 0.15) is 17.0 Å². The third-order valence-electron chi connectivity index (χ3n) is 4.36. The number of carbonyl (C=O) groups is 1. The van der Waals surface area contributed by atoms with Gasteiger partial charge in [-0.1, -0.05) is 41.9 Å². The normalized spacial score (nSPS) is 11.6. The maximum Gasteiger partial charge on any atom is 0.262 e. The summed E-state index contributed by atoms with van der Waals surface area (Å²) in [6, 6.07) is 20.2. The number of halogens is 1. The highest BCUT2D eigenvalue weighted by Gasteiger charge is 2.14. The molecule has 2 aromatic carbocycles. The molecule has 0 saturated heterocycles. The quantitative estimate of drug-likeness (QED) is 0.485. The zero-order valence-corrected chi connectivity index (χ0v) is 16.7. The summed E-state index contributed by atoms with van der Waals surface area (Å²) in [5, 5.41) is 4.09. The highest BCUT2D eigenvalue weighted by atomic mass is 35.5. The van der Waals surface area contributed by atoms with E-state index >= 15 is 0 Å². The molecule has 4 rings (SSSR count). The lowest BCUT2D eigenvalue weighted by molar-refractivity contribution is 0.102. The molecule has 0 aliphatic rings. The maximum absolute atomic E-state index is 13.0. The Hall–Kier alpha value is -3.44. The number of hydrogen-bond donors (Lipinski definition) is 1. The lowest BCUT2D eigenvalue weighted by atomic mass is 10.1. The molecule has 0 bridgehead atoms. The topological polar surface area (TPSA) is 67.5 Å². The Bertz CT molecular complexity index is 1290. The number of benzene rings is 2. The van der Waals surface area contributed by atoms with Gasteiger partial charge in [-0.15, -0.1) is 0 Å². The fraction of sp³-hybridized carbons (Fsp3) is 0.0870. The lowest BCUT2D eigenvalue weighted by Crippen LogP contribution is -2.22. The molecule has 2 aromatic heterocycles. The second-order valence-electron chi connectivity index (χ2n) is 6.69. The molecule has 5 nitrogen and oxygen atoms in total. The van der Waals surface area contributed by atoms with Crippen molar-refractivity contribution in [3.05, 3.63) is 94.1 Å². The average molecular weight is 404 g/mol. The molecular weight excluding hydrogens is 386 g/mol. The molecule has 29 heavy (non-hydrogen) atoms. The van der Waals surface area contributed by atoms with Gasteiger partial charge in [0, 0.05) is 11.1 Å². The minimum atomic E-state index is -0.361. The van der Waals surface area contributed by atoms with Crippen LogP contribution in [0, 0.1) is 13.8 Å². The van der Waals surface area contributed by atoms with E-state index in [-0.39, 0.29) is 11.5 Å². The highest BCUT2D eigenvalue weighted by molar-refractivity contribution is 6.33. The zero-order chi connectivity index (χ0) is 20.4. The third-order valence-corrected chi connectivity index (χ3v) is 4.66. The van der Waals surface area contributed by atoms with Gasteiger partial charge < -0.3 is 9.73 Å². The Balaban J connectivity index is 1.86. The van der Waals surface area contributed by atoms with Crippen molar-refractivity contribution in [3.8, 4) is 0 Å². The van der Waals surface area contributed by atoms with E-state index in [0.717, 1.165) is 16.6 Å². The van der Waals surface area contributed by atoms with Gasteiger partial charge in [-0.05, 0) is 55.8 Å². The van der Waals surface area contributed by atoms with E-state index in [2.05, 4.69) is 15.3 Å². The van der Waals surface area contributed by atoms with E-state index in [4.69, 9.17) is 16.0 Å². The van der Waals surface area contributed by atoms with Gasteiger partial charge in [0.25, 0.3) is 5.91 Å². The van der Waals surface area contributed by atoms with Gasteiger partial charge in [-0.3, -0.25) is 4.79 Å². The van der Waals surface area contributed by atoms with Crippen LogP contribution in [0.1, 0.15) is 21.6 Å². The van der Waals surface area contributed by atoms with Crippen molar-refractivity contribution in [2.45, 2.75) is 13.8 Å². The van der Waals surface area contributed by atoms with Crippen molar-refractivity contribution in [2.24, 2.45) is 4.99 Å². The number of hydrogen-bond acceptors (Lipinski definition) is 4. The average Bonchev–Trinajstić information content (AvgIpc) is 2.69. The van der Waals surface area contributed by atoms with Gasteiger partial charge in [-0.25, -0.2) is 9.98 Å². The second-order valence-corrected chi connectivity index (χ2v) is 7.10. The first-order chi connectivity index (χ1) is 14.0. The molecule has 0 radical (unpaired) electrons. The van der Waals surface area contributed by atoms with Crippen molar-refractivity contribution in [1.82, 2.24) is 4.98 Å². The lowest BCUT2D eigenvalue weighted by Gasteiger charge is -2.07. The van der Waals surface area contributed by atoms with E-state index in [1.54, 1.807) is 18.2 Å². The van der Waals surface area contributed by atoms with Crippen LogP contribution >= 0.6 is 11.6 Å². The van der Waals surface area contributed by atoms with Gasteiger partial charge in [0.05, 0.1) is 10.7 Å². The summed E-state index contributed by atoms with van der Waals surface area (Å²) in [6.07, 6.45) is 0. The molecule has 144 valence electrons. The number of nitrogens with zero attached hydrogens (tertiary/aromatic N) is 2. The number of amides is 1. The number of rotatable bonds is 3. The number of aromatic nitrogens is 1. The van der Waals surface area contributed by atoms with Crippen LogP contribution in [0.2, 0.25) is 5.02 Å². The molecule has 0 unspecified atom stereocenters. The van der Waals surface area contributed by atoms with Gasteiger partial charge in [-0.2, -0.15) is 0 Å². The second kappa shape index (κ2) is 7.89. The third kappa shape index (κ3) is 4.20. The minimum absolute atomic E-state index is 0.180. The first-order valence-electron chi connectivity index (χ1n) is 9.08. The number of aryl methyl sites for hydroxylation is 2. The van der Waals surface area contributed by atoms with Crippen molar-refractivity contribution < 1.29 is 9.21 Å². The summed E-state index contributed by atoms with van der Waals surface area (Å²) in [5.41, 5.74) is 3.46. The largest absolute Gasteiger partial charge is 0.438 e. The van der Waals surface area contributed by atoms with Crippen LogP contribution in [0.5, 0.6) is 0 Å². The molecule has 0 atom stereocenters. The summed E-state index contributed by atoms with van der Waals surface area (Å²) in [7, 11) is 0. The monoisotopic (exact) mass is 403 g/mol. The first kappa shape index (κ1) is 18.9. The fourth-order valence-corrected chi connectivity index (χ4v) is 3.20. The van der Waals surface area contributed by atoms with Crippen LogP contribution in [0.4, 0.5) is 11.5 Å². The van der Waals surface area contributed by atoms with Crippen molar-refractivity contribution >= 4 is 40.0 Å². The number of para-hydroxylation sites is 1.